The van der Waals surface area contributed by atoms with Gasteiger partial charge in [-0.25, -0.2) is 4.98 Å². The Labute approximate surface area is 96.3 Å². The first-order chi connectivity index (χ1) is 7.79. The first-order valence-electron chi connectivity index (χ1n) is 6.26. The van der Waals surface area contributed by atoms with E-state index in [-0.39, 0.29) is 0 Å². The van der Waals surface area contributed by atoms with E-state index in [0.717, 1.165) is 11.6 Å². The molecule has 0 saturated heterocycles. The van der Waals surface area contributed by atoms with Crippen LogP contribution in [-0.4, -0.2) is 9.55 Å². The summed E-state index contributed by atoms with van der Waals surface area (Å²) in [6.07, 6.45) is 5.84. The lowest BCUT2D eigenvalue weighted by molar-refractivity contribution is 0.731. The highest BCUT2D eigenvalue weighted by Gasteiger charge is 2.24. The first kappa shape index (κ1) is 9.88. The summed E-state index contributed by atoms with van der Waals surface area (Å²) in [5.74, 6) is 0.645. The monoisotopic (exact) mass is 214 g/mol. The van der Waals surface area contributed by atoms with E-state index in [1.54, 1.807) is 0 Å². The summed E-state index contributed by atoms with van der Waals surface area (Å²) in [5.41, 5.74) is 3.90. The molecule has 1 aromatic heterocycles. The van der Waals surface area contributed by atoms with Crippen LogP contribution in [0.1, 0.15) is 50.6 Å². The Morgan fingerprint density at radius 1 is 1.44 bits per heavy atom. The summed E-state index contributed by atoms with van der Waals surface area (Å²) in [6.45, 7) is 4.53. The van der Waals surface area contributed by atoms with Gasteiger partial charge in [-0.05, 0) is 42.9 Å². The summed E-state index contributed by atoms with van der Waals surface area (Å²) in [5, 5.41) is 0. The van der Waals surface area contributed by atoms with Crippen LogP contribution in [0.25, 0.3) is 11.0 Å². The molecule has 0 bridgehead atoms. The zero-order valence-corrected chi connectivity index (χ0v) is 9.98. The molecule has 1 aromatic carbocycles. The molecular weight excluding hydrogens is 196 g/mol. The number of nitrogens with zero attached hydrogens (tertiary/aromatic N) is 2. The van der Waals surface area contributed by atoms with Crippen LogP contribution in [0.2, 0.25) is 0 Å². The smallest absolute Gasteiger partial charge is 0.0960 e. The molecule has 2 aromatic rings. The molecule has 0 amide bonds. The largest absolute Gasteiger partial charge is 0.327 e. The van der Waals surface area contributed by atoms with Gasteiger partial charge in [-0.2, -0.15) is 0 Å². The minimum Gasteiger partial charge on any atom is -0.327 e. The van der Waals surface area contributed by atoms with Crippen LogP contribution in [0.5, 0.6) is 0 Å². The molecule has 0 spiro atoms. The maximum atomic E-state index is 4.47. The molecule has 3 rings (SSSR count). The highest BCUT2D eigenvalue weighted by molar-refractivity contribution is 5.76. The molecule has 1 aliphatic carbocycles. The van der Waals surface area contributed by atoms with E-state index < -0.39 is 0 Å². The molecule has 1 aliphatic rings. The Balaban J connectivity index is 2.10. The normalized spacial score (nSPS) is 17.9. The van der Waals surface area contributed by atoms with Gasteiger partial charge >= 0.3 is 0 Å². The quantitative estimate of drug-likeness (QED) is 0.758. The van der Waals surface area contributed by atoms with Crippen molar-refractivity contribution in [3.05, 3.63) is 30.1 Å². The summed E-state index contributed by atoms with van der Waals surface area (Å²) < 4.78 is 2.35. The Bertz CT molecular complexity index is 508. The third-order valence-electron chi connectivity index (χ3n) is 3.72. The van der Waals surface area contributed by atoms with E-state index in [1.165, 1.54) is 30.3 Å². The molecule has 0 N–H and O–H groups in total. The van der Waals surface area contributed by atoms with Crippen LogP contribution in [-0.2, 0) is 0 Å². The minimum atomic E-state index is 0.645. The van der Waals surface area contributed by atoms with Gasteiger partial charge in [-0.3, -0.25) is 0 Å². The molecule has 16 heavy (non-hydrogen) atoms. The Kier molecular flexibility index (Phi) is 2.23. The molecule has 0 aliphatic heterocycles. The van der Waals surface area contributed by atoms with Crippen LogP contribution < -0.4 is 0 Å². The van der Waals surface area contributed by atoms with E-state index in [1.807, 2.05) is 6.33 Å². The van der Waals surface area contributed by atoms with Crippen LogP contribution >= 0.6 is 0 Å². The lowest BCUT2D eigenvalue weighted by atomic mass is 9.98. The fraction of sp³-hybridized carbons (Fsp3) is 0.500. The number of fused-ring (bicyclic) bond motifs is 1. The van der Waals surface area contributed by atoms with Crippen LogP contribution in [0, 0.1) is 0 Å². The molecule has 1 unspecified atom stereocenters. The number of hydrogen-bond acceptors (Lipinski definition) is 1. The van der Waals surface area contributed by atoms with E-state index in [9.17, 15) is 0 Å². The van der Waals surface area contributed by atoms with Gasteiger partial charge < -0.3 is 4.57 Å². The number of imidazole rings is 1. The van der Waals surface area contributed by atoms with Crippen molar-refractivity contribution in [3.8, 4) is 0 Å². The Morgan fingerprint density at radius 3 is 2.94 bits per heavy atom. The molecule has 0 radical (unpaired) electrons. The number of hydrogen-bond donors (Lipinski definition) is 0. The third kappa shape index (κ3) is 1.53. The van der Waals surface area contributed by atoms with Gasteiger partial charge in [0.15, 0.2) is 0 Å². The summed E-state index contributed by atoms with van der Waals surface area (Å²) in [4.78, 5) is 4.47. The van der Waals surface area contributed by atoms with Crippen molar-refractivity contribution in [1.29, 1.82) is 0 Å². The van der Waals surface area contributed by atoms with Gasteiger partial charge in [0.25, 0.3) is 0 Å². The Hall–Kier alpha value is -1.31. The molecule has 84 valence electrons. The maximum absolute atomic E-state index is 4.47. The SMILES string of the molecule is CCC(C)c1ccc2ncn(C3CC3)c2c1. The van der Waals surface area contributed by atoms with E-state index in [2.05, 4.69) is 41.6 Å². The van der Waals surface area contributed by atoms with Crippen LogP contribution in [0.4, 0.5) is 0 Å². The van der Waals surface area contributed by atoms with E-state index in [0.29, 0.717) is 5.92 Å². The minimum absolute atomic E-state index is 0.645. The van der Waals surface area contributed by atoms with Crippen molar-refractivity contribution in [2.45, 2.75) is 45.1 Å². The summed E-state index contributed by atoms with van der Waals surface area (Å²) in [7, 11) is 0. The Morgan fingerprint density at radius 2 is 2.25 bits per heavy atom. The van der Waals surface area contributed by atoms with Crippen molar-refractivity contribution >= 4 is 11.0 Å². The second kappa shape index (κ2) is 3.62. The fourth-order valence-corrected chi connectivity index (χ4v) is 2.23. The van der Waals surface area contributed by atoms with E-state index in [4.69, 9.17) is 0 Å². The van der Waals surface area contributed by atoms with Crippen molar-refractivity contribution in [2.75, 3.05) is 0 Å². The number of aromatic nitrogens is 2. The lowest BCUT2D eigenvalue weighted by Crippen LogP contribution is -1.94. The predicted octanol–water partition coefficient (Wildman–Crippen LogP) is 3.88. The summed E-state index contributed by atoms with van der Waals surface area (Å²) in [6, 6.07) is 7.43. The third-order valence-corrected chi connectivity index (χ3v) is 3.72. The maximum Gasteiger partial charge on any atom is 0.0960 e. The van der Waals surface area contributed by atoms with Crippen LogP contribution in [0.15, 0.2) is 24.5 Å². The second-order valence-corrected chi connectivity index (χ2v) is 4.94. The van der Waals surface area contributed by atoms with E-state index >= 15 is 0 Å². The van der Waals surface area contributed by atoms with Gasteiger partial charge in [0.05, 0.1) is 17.4 Å². The standard InChI is InChI=1S/C14H18N2/c1-3-10(2)11-4-7-13-14(8-11)16(9-15-13)12-5-6-12/h4,7-10,12H,3,5-6H2,1-2H3. The molecule has 1 saturated carbocycles. The zero-order chi connectivity index (χ0) is 11.1. The summed E-state index contributed by atoms with van der Waals surface area (Å²) >= 11 is 0. The van der Waals surface area contributed by atoms with Crippen molar-refractivity contribution in [1.82, 2.24) is 9.55 Å². The van der Waals surface area contributed by atoms with Gasteiger partial charge in [0, 0.05) is 6.04 Å². The lowest BCUT2D eigenvalue weighted by Gasteiger charge is -2.09. The topological polar surface area (TPSA) is 17.8 Å². The van der Waals surface area contributed by atoms with Gasteiger partial charge in [-0.15, -0.1) is 0 Å². The first-order valence-corrected chi connectivity index (χ1v) is 6.26. The second-order valence-electron chi connectivity index (χ2n) is 4.94. The molecule has 1 fully saturated rings. The predicted molar refractivity (Wildman–Crippen MR) is 66.7 cm³/mol. The molecule has 2 heteroatoms. The average Bonchev–Trinajstić information content (AvgIpc) is 3.08. The number of benzene rings is 1. The zero-order valence-electron chi connectivity index (χ0n) is 9.98. The van der Waals surface area contributed by atoms with Crippen LogP contribution in [0.3, 0.4) is 0 Å². The molecule has 1 heterocycles. The number of rotatable bonds is 3. The molecule has 2 nitrogen and oxygen atoms in total. The van der Waals surface area contributed by atoms with Crippen molar-refractivity contribution < 1.29 is 0 Å². The fourth-order valence-electron chi connectivity index (χ4n) is 2.23. The van der Waals surface area contributed by atoms with Gasteiger partial charge in [0.1, 0.15) is 0 Å². The van der Waals surface area contributed by atoms with Crippen molar-refractivity contribution in [3.63, 3.8) is 0 Å². The highest BCUT2D eigenvalue weighted by Crippen LogP contribution is 2.37. The average molecular weight is 214 g/mol. The molecular formula is C14H18N2. The van der Waals surface area contributed by atoms with Gasteiger partial charge in [-0.1, -0.05) is 19.9 Å². The van der Waals surface area contributed by atoms with Gasteiger partial charge in [0.2, 0.25) is 0 Å². The van der Waals surface area contributed by atoms with Crippen molar-refractivity contribution in [2.24, 2.45) is 0 Å². The molecule has 1 atom stereocenters. The highest BCUT2D eigenvalue weighted by atomic mass is 15.1.